The molecule has 0 spiro atoms. The van der Waals surface area contributed by atoms with Gasteiger partial charge in [0.2, 0.25) is 0 Å². The monoisotopic (exact) mass is 393 g/mol. The minimum absolute atomic E-state index is 0.0728. The van der Waals surface area contributed by atoms with E-state index in [2.05, 4.69) is 0 Å². The van der Waals surface area contributed by atoms with E-state index in [4.69, 9.17) is 14.2 Å². The number of ether oxygens (including phenoxy) is 3. The van der Waals surface area contributed by atoms with Crippen LogP contribution in [-0.2, 0) is 9.47 Å². The van der Waals surface area contributed by atoms with Crippen LogP contribution < -0.4 is 4.74 Å². The Bertz CT molecular complexity index is 731. The predicted molar refractivity (Wildman–Crippen MR) is 101 cm³/mol. The second-order valence-electron chi connectivity index (χ2n) is 8.35. The molecule has 1 amide bonds. The van der Waals surface area contributed by atoms with Gasteiger partial charge in [-0.25, -0.2) is 14.0 Å². The lowest BCUT2D eigenvalue weighted by Crippen LogP contribution is -2.50. The van der Waals surface area contributed by atoms with Crippen molar-refractivity contribution in [3.63, 3.8) is 0 Å². The van der Waals surface area contributed by atoms with E-state index in [1.165, 1.54) is 18.2 Å². The number of hydrogen-bond acceptors (Lipinski definition) is 5. The molecule has 6 nitrogen and oxygen atoms in total. The largest absolute Gasteiger partial charge is 0.490 e. The van der Waals surface area contributed by atoms with Crippen molar-refractivity contribution in [2.45, 2.75) is 77.2 Å². The minimum Gasteiger partial charge on any atom is -0.490 e. The number of carbonyl (C=O) groups excluding carboxylic acids is 2. The first-order valence-electron chi connectivity index (χ1n) is 9.82. The fraction of sp³-hybridized carbons (Fsp3) is 0.619. The summed E-state index contributed by atoms with van der Waals surface area (Å²) in [7, 11) is 0. The summed E-state index contributed by atoms with van der Waals surface area (Å²) in [4.78, 5) is 26.3. The molecule has 28 heavy (non-hydrogen) atoms. The van der Waals surface area contributed by atoms with E-state index < -0.39 is 17.4 Å². The van der Waals surface area contributed by atoms with E-state index in [0.29, 0.717) is 18.6 Å². The predicted octanol–water partition coefficient (Wildman–Crippen LogP) is 4.31. The lowest BCUT2D eigenvalue weighted by atomic mass is 10.00. The van der Waals surface area contributed by atoms with Crippen LogP contribution in [0.5, 0.6) is 5.75 Å². The van der Waals surface area contributed by atoms with Crippen molar-refractivity contribution in [1.82, 2.24) is 4.90 Å². The van der Waals surface area contributed by atoms with Gasteiger partial charge < -0.3 is 19.1 Å². The van der Waals surface area contributed by atoms with E-state index in [1.807, 2.05) is 25.7 Å². The SMILES string of the molecule is CCOC(=O)c1cc(OC2C[C@H]3CC[C@@H](C2)N3C(=O)OC(C)(C)C)ccc1F. The van der Waals surface area contributed by atoms with Crippen molar-refractivity contribution in [2.75, 3.05) is 6.61 Å². The maximum Gasteiger partial charge on any atom is 0.410 e. The molecule has 1 aromatic carbocycles. The maximum absolute atomic E-state index is 13.9. The zero-order valence-corrected chi connectivity index (χ0v) is 16.9. The third-order valence-electron chi connectivity index (χ3n) is 5.03. The zero-order chi connectivity index (χ0) is 20.5. The Morgan fingerprint density at radius 3 is 2.39 bits per heavy atom. The summed E-state index contributed by atoms with van der Waals surface area (Å²) in [5, 5.41) is 0. The lowest BCUT2D eigenvalue weighted by molar-refractivity contribution is -0.00715. The molecule has 7 heteroatoms. The number of amides is 1. The van der Waals surface area contributed by atoms with Gasteiger partial charge in [-0.1, -0.05) is 0 Å². The summed E-state index contributed by atoms with van der Waals surface area (Å²) in [6.45, 7) is 7.43. The molecule has 0 radical (unpaired) electrons. The third kappa shape index (κ3) is 4.56. The topological polar surface area (TPSA) is 65.1 Å². The number of benzene rings is 1. The average molecular weight is 393 g/mol. The van der Waals surface area contributed by atoms with Gasteiger partial charge in [-0.05, 0) is 58.7 Å². The summed E-state index contributed by atoms with van der Waals surface area (Å²) >= 11 is 0. The second-order valence-corrected chi connectivity index (χ2v) is 8.35. The quantitative estimate of drug-likeness (QED) is 0.713. The second kappa shape index (κ2) is 7.97. The molecule has 0 aliphatic carbocycles. The van der Waals surface area contributed by atoms with E-state index in [1.54, 1.807) is 6.92 Å². The molecule has 2 bridgehead atoms. The van der Waals surface area contributed by atoms with Crippen molar-refractivity contribution < 1.29 is 28.2 Å². The number of hydrogen-bond donors (Lipinski definition) is 0. The highest BCUT2D eigenvalue weighted by molar-refractivity contribution is 5.90. The Kier molecular flexibility index (Phi) is 5.82. The summed E-state index contributed by atoms with van der Waals surface area (Å²) in [5.41, 5.74) is -0.657. The van der Waals surface area contributed by atoms with Gasteiger partial charge in [0.1, 0.15) is 23.3 Å². The number of fused-ring (bicyclic) bond motifs is 2. The van der Waals surface area contributed by atoms with Gasteiger partial charge >= 0.3 is 12.1 Å². The summed E-state index contributed by atoms with van der Waals surface area (Å²) in [6, 6.07) is 4.26. The van der Waals surface area contributed by atoms with Crippen molar-refractivity contribution >= 4 is 12.1 Å². The van der Waals surface area contributed by atoms with Crippen LogP contribution in [0.1, 0.15) is 63.7 Å². The number of nitrogens with zero attached hydrogens (tertiary/aromatic N) is 1. The molecule has 1 unspecified atom stereocenters. The van der Waals surface area contributed by atoms with Gasteiger partial charge in [-0.3, -0.25) is 0 Å². The van der Waals surface area contributed by atoms with Crippen LogP contribution in [-0.4, -0.2) is 47.4 Å². The molecule has 2 aliphatic rings. The fourth-order valence-electron chi connectivity index (χ4n) is 3.97. The molecule has 2 saturated heterocycles. The highest BCUT2D eigenvalue weighted by atomic mass is 19.1. The Balaban J connectivity index is 1.66. The van der Waals surface area contributed by atoms with Gasteiger partial charge in [-0.2, -0.15) is 0 Å². The van der Waals surface area contributed by atoms with Crippen LogP contribution in [0.25, 0.3) is 0 Å². The molecular weight excluding hydrogens is 365 g/mol. The third-order valence-corrected chi connectivity index (χ3v) is 5.03. The van der Waals surface area contributed by atoms with Gasteiger partial charge in [0.15, 0.2) is 0 Å². The maximum atomic E-state index is 13.9. The van der Waals surface area contributed by atoms with E-state index in [0.717, 1.165) is 12.8 Å². The van der Waals surface area contributed by atoms with E-state index in [9.17, 15) is 14.0 Å². The Morgan fingerprint density at radius 1 is 1.18 bits per heavy atom. The number of carbonyl (C=O) groups is 2. The summed E-state index contributed by atoms with van der Waals surface area (Å²) in [5.74, 6) is -0.907. The molecule has 0 aromatic heterocycles. The van der Waals surface area contributed by atoms with Crippen LogP contribution >= 0.6 is 0 Å². The first-order valence-corrected chi connectivity index (χ1v) is 9.82. The molecule has 0 saturated carbocycles. The zero-order valence-electron chi connectivity index (χ0n) is 16.9. The molecule has 2 aliphatic heterocycles. The molecule has 3 atom stereocenters. The Hall–Kier alpha value is -2.31. The molecule has 1 aromatic rings. The number of halogens is 1. The summed E-state index contributed by atoms with van der Waals surface area (Å²) in [6.07, 6.45) is 2.83. The highest BCUT2D eigenvalue weighted by Gasteiger charge is 2.45. The van der Waals surface area contributed by atoms with E-state index >= 15 is 0 Å². The molecule has 2 heterocycles. The lowest BCUT2D eigenvalue weighted by Gasteiger charge is -2.39. The molecular formula is C21H28FNO5. The standard InChI is InChI=1S/C21H28FNO5/c1-5-26-19(24)17-12-15(8-9-18(17)22)27-16-10-13-6-7-14(11-16)23(13)20(25)28-21(2,3)4/h8-9,12-14,16H,5-7,10-11H2,1-4H3/t13-,14+,16?. The molecule has 2 fully saturated rings. The number of rotatable bonds is 4. The van der Waals surface area contributed by atoms with Crippen LogP contribution in [0.15, 0.2) is 18.2 Å². The van der Waals surface area contributed by atoms with Gasteiger partial charge in [0, 0.05) is 24.9 Å². The number of piperidine rings is 1. The van der Waals surface area contributed by atoms with Crippen LogP contribution in [0.2, 0.25) is 0 Å². The van der Waals surface area contributed by atoms with Crippen molar-refractivity contribution in [3.8, 4) is 5.75 Å². The van der Waals surface area contributed by atoms with Crippen LogP contribution in [0.3, 0.4) is 0 Å². The first-order chi connectivity index (χ1) is 13.2. The number of esters is 1. The fourth-order valence-corrected chi connectivity index (χ4v) is 3.97. The molecule has 154 valence electrons. The normalized spacial score (nSPS) is 24.0. The van der Waals surface area contributed by atoms with Gasteiger partial charge in [-0.15, -0.1) is 0 Å². The Labute approximate surface area is 164 Å². The van der Waals surface area contributed by atoms with Crippen LogP contribution in [0.4, 0.5) is 9.18 Å². The first kappa shape index (κ1) is 20.4. The van der Waals surface area contributed by atoms with Gasteiger partial charge in [0.25, 0.3) is 0 Å². The van der Waals surface area contributed by atoms with Crippen molar-refractivity contribution in [3.05, 3.63) is 29.6 Å². The van der Waals surface area contributed by atoms with E-state index in [-0.39, 0.29) is 36.5 Å². The van der Waals surface area contributed by atoms with Crippen molar-refractivity contribution in [2.24, 2.45) is 0 Å². The van der Waals surface area contributed by atoms with Crippen molar-refractivity contribution in [1.29, 1.82) is 0 Å². The smallest absolute Gasteiger partial charge is 0.410 e. The van der Waals surface area contributed by atoms with Gasteiger partial charge in [0.05, 0.1) is 12.2 Å². The Morgan fingerprint density at radius 2 is 1.82 bits per heavy atom. The summed E-state index contributed by atoms with van der Waals surface area (Å²) < 4.78 is 30.4. The van der Waals surface area contributed by atoms with Crippen LogP contribution in [0, 0.1) is 5.82 Å². The average Bonchev–Trinajstić information content (AvgIpc) is 2.87. The molecule has 3 rings (SSSR count). The minimum atomic E-state index is -0.703. The highest BCUT2D eigenvalue weighted by Crippen LogP contribution is 2.38. The molecule has 0 N–H and O–H groups in total.